The Morgan fingerprint density at radius 3 is 2.55 bits per heavy atom. The predicted octanol–water partition coefficient (Wildman–Crippen LogP) is 4.82. The van der Waals surface area contributed by atoms with Gasteiger partial charge in [0.25, 0.3) is 11.8 Å². The standard InChI is InChI=1S/C30H35N3O5/c1-20-17-31-21(2)19-37-27-16-23(13-14-26(27)30(35)33(3)18-28(20)36-4)32-29(34)22-9-8-12-25(15-22)38-24-10-6-5-7-11-24/h5-16,20-21,28,31H,17-19H2,1-4H3,(H,32,34)/t20-,21-,28-/m0/s1. The number of hydrogen-bond donors (Lipinski definition) is 2. The molecular weight excluding hydrogens is 482 g/mol. The zero-order chi connectivity index (χ0) is 27.1. The number of anilines is 1. The third-order valence-corrected chi connectivity index (χ3v) is 6.56. The lowest BCUT2D eigenvalue weighted by atomic mass is 10.0. The Morgan fingerprint density at radius 2 is 1.79 bits per heavy atom. The Morgan fingerprint density at radius 1 is 1.03 bits per heavy atom. The molecule has 3 aromatic rings. The van der Waals surface area contributed by atoms with Gasteiger partial charge in [0.15, 0.2) is 0 Å². The molecule has 0 radical (unpaired) electrons. The lowest BCUT2D eigenvalue weighted by Crippen LogP contribution is -2.44. The molecule has 4 rings (SSSR count). The molecule has 0 unspecified atom stereocenters. The van der Waals surface area contributed by atoms with Gasteiger partial charge in [-0.3, -0.25) is 9.59 Å². The number of methoxy groups -OCH3 is 1. The molecule has 0 saturated carbocycles. The van der Waals surface area contributed by atoms with Crippen molar-refractivity contribution in [2.24, 2.45) is 5.92 Å². The number of benzene rings is 3. The van der Waals surface area contributed by atoms with Crippen molar-refractivity contribution in [2.75, 3.05) is 39.2 Å². The molecule has 1 heterocycles. The zero-order valence-electron chi connectivity index (χ0n) is 22.3. The highest BCUT2D eigenvalue weighted by atomic mass is 16.5. The number of hydrogen-bond acceptors (Lipinski definition) is 6. The molecule has 8 heteroatoms. The second-order valence-corrected chi connectivity index (χ2v) is 9.67. The Labute approximate surface area is 223 Å². The minimum Gasteiger partial charge on any atom is -0.491 e. The van der Waals surface area contributed by atoms with Crippen molar-refractivity contribution < 1.29 is 23.8 Å². The van der Waals surface area contributed by atoms with Crippen molar-refractivity contribution in [1.82, 2.24) is 10.2 Å². The number of nitrogens with zero attached hydrogens (tertiary/aromatic N) is 1. The first-order chi connectivity index (χ1) is 18.3. The van der Waals surface area contributed by atoms with Gasteiger partial charge in [-0.25, -0.2) is 0 Å². The van der Waals surface area contributed by atoms with Gasteiger partial charge in [-0.05, 0) is 55.3 Å². The van der Waals surface area contributed by atoms with Crippen LogP contribution in [0, 0.1) is 5.92 Å². The van der Waals surface area contributed by atoms with Crippen LogP contribution in [0.3, 0.4) is 0 Å². The van der Waals surface area contributed by atoms with Crippen LogP contribution in [0.2, 0.25) is 0 Å². The number of carbonyl (C=O) groups is 2. The third kappa shape index (κ3) is 6.90. The maximum Gasteiger partial charge on any atom is 0.257 e. The average molecular weight is 518 g/mol. The first kappa shape index (κ1) is 27.2. The molecular formula is C30H35N3O5. The first-order valence-electron chi connectivity index (χ1n) is 12.8. The molecule has 0 aliphatic carbocycles. The number of likely N-dealkylation sites (N-methyl/N-ethyl adjacent to an activating group) is 1. The van der Waals surface area contributed by atoms with Gasteiger partial charge >= 0.3 is 0 Å². The smallest absolute Gasteiger partial charge is 0.257 e. The summed E-state index contributed by atoms with van der Waals surface area (Å²) in [6, 6.07) is 21.5. The van der Waals surface area contributed by atoms with Crippen LogP contribution in [0.25, 0.3) is 0 Å². The summed E-state index contributed by atoms with van der Waals surface area (Å²) in [7, 11) is 3.43. The van der Waals surface area contributed by atoms with Gasteiger partial charge in [0.05, 0.1) is 11.7 Å². The molecule has 8 nitrogen and oxygen atoms in total. The van der Waals surface area contributed by atoms with Crippen LogP contribution in [0.5, 0.6) is 17.2 Å². The van der Waals surface area contributed by atoms with E-state index in [1.807, 2.05) is 37.3 Å². The number of amides is 2. The monoisotopic (exact) mass is 517 g/mol. The molecule has 38 heavy (non-hydrogen) atoms. The van der Waals surface area contributed by atoms with Crippen LogP contribution in [0.1, 0.15) is 34.6 Å². The second-order valence-electron chi connectivity index (χ2n) is 9.67. The van der Waals surface area contributed by atoms with Crippen molar-refractivity contribution in [2.45, 2.75) is 26.0 Å². The summed E-state index contributed by atoms with van der Waals surface area (Å²) in [4.78, 5) is 28.0. The number of carbonyl (C=O) groups excluding carboxylic acids is 2. The Kier molecular flexibility index (Phi) is 8.99. The van der Waals surface area contributed by atoms with Gasteiger partial charge in [0.1, 0.15) is 23.9 Å². The Balaban J connectivity index is 1.53. The maximum atomic E-state index is 13.3. The zero-order valence-corrected chi connectivity index (χ0v) is 22.3. The molecule has 2 amide bonds. The highest BCUT2D eigenvalue weighted by Gasteiger charge is 2.25. The van der Waals surface area contributed by atoms with E-state index in [2.05, 4.69) is 17.6 Å². The predicted molar refractivity (Wildman–Crippen MR) is 147 cm³/mol. The lowest BCUT2D eigenvalue weighted by molar-refractivity contribution is 0.0281. The summed E-state index contributed by atoms with van der Waals surface area (Å²) < 4.78 is 17.6. The van der Waals surface area contributed by atoms with Crippen molar-refractivity contribution >= 4 is 17.5 Å². The summed E-state index contributed by atoms with van der Waals surface area (Å²) >= 11 is 0. The van der Waals surface area contributed by atoms with Crippen molar-refractivity contribution in [3.63, 3.8) is 0 Å². The number of ether oxygens (including phenoxy) is 3. The topological polar surface area (TPSA) is 89.1 Å². The van der Waals surface area contributed by atoms with Crippen LogP contribution >= 0.6 is 0 Å². The normalized spacial score (nSPS) is 20.4. The highest BCUT2D eigenvalue weighted by Crippen LogP contribution is 2.27. The third-order valence-electron chi connectivity index (χ3n) is 6.56. The van der Waals surface area contributed by atoms with E-state index in [1.54, 1.807) is 61.5 Å². The summed E-state index contributed by atoms with van der Waals surface area (Å²) in [5.41, 5.74) is 1.40. The van der Waals surface area contributed by atoms with E-state index < -0.39 is 0 Å². The van der Waals surface area contributed by atoms with E-state index in [4.69, 9.17) is 14.2 Å². The summed E-state index contributed by atoms with van der Waals surface area (Å²) in [5, 5.41) is 6.38. The van der Waals surface area contributed by atoms with Crippen molar-refractivity contribution in [3.8, 4) is 17.2 Å². The van der Waals surface area contributed by atoms with Gasteiger partial charge in [-0.1, -0.05) is 31.2 Å². The number of rotatable bonds is 5. The van der Waals surface area contributed by atoms with Gasteiger partial charge in [0.2, 0.25) is 0 Å². The quantitative estimate of drug-likeness (QED) is 0.504. The van der Waals surface area contributed by atoms with E-state index in [0.29, 0.717) is 47.2 Å². The fourth-order valence-corrected chi connectivity index (χ4v) is 4.26. The van der Waals surface area contributed by atoms with Gasteiger partial charge in [-0.2, -0.15) is 0 Å². The van der Waals surface area contributed by atoms with E-state index >= 15 is 0 Å². The molecule has 2 N–H and O–H groups in total. The molecule has 3 atom stereocenters. The minimum absolute atomic E-state index is 0.0562. The largest absolute Gasteiger partial charge is 0.491 e. The molecule has 0 aromatic heterocycles. The molecule has 0 bridgehead atoms. The maximum absolute atomic E-state index is 13.3. The Hall–Kier alpha value is -3.88. The van der Waals surface area contributed by atoms with Crippen LogP contribution in [0.15, 0.2) is 72.8 Å². The van der Waals surface area contributed by atoms with Crippen LogP contribution in [0.4, 0.5) is 5.69 Å². The average Bonchev–Trinajstić information content (AvgIpc) is 2.93. The SMILES string of the molecule is CO[C@H]1CN(C)C(=O)c2ccc(NC(=O)c3cccc(Oc4ccccc4)c3)cc2OC[C@H](C)NC[C@@H]1C. The molecule has 0 fully saturated rings. The van der Waals surface area contributed by atoms with Crippen molar-refractivity contribution in [3.05, 3.63) is 83.9 Å². The molecule has 0 spiro atoms. The van der Waals surface area contributed by atoms with E-state index in [9.17, 15) is 9.59 Å². The number of para-hydroxylation sites is 1. The second kappa shape index (κ2) is 12.6. The Bertz CT molecular complexity index is 1250. The number of fused-ring (bicyclic) bond motifs is 1. The fraction of sp³-hybridized carbons (Fsp3) is 0.333. The van der Waals surface area contributed by atoms with Gasteiger partial charge < -0.3 is 29.7 Å². The van der Waals surface area contributed by atoms with Crippen LogP contribution in [-0.2, 0) is 4.74 Å². The van der Waals surface area contributed by atoms with E-state index in [0.717, 1.165) is 6.54 Å². The number of nitrogens with one attached hydrogen (secondary N) is 2. The van der Waals surface area contributed by atoms with Crippen LogP contribution < -0.4 is 20.1 Å². The van der Waals surface area contributed by atoms with Gasteiger partial charge in [-0.15, -0.1) is 0 Å². The van der Waals surface area contributed by atoms with Gasteiger partial charge in [0, 0.05) is 50.6 Å². The highest BCUT2D eigenvalue weighted by molar-refractivity contribution is 6.05. The van der Waals surface area contributed by atoms with Crippen molar-refractivity contribution in [1.29, 1.82) is 0 Å². The van der Waals surface area contributed by atoms with Crippen LogP contribution in [-0.4, -0.2) is 62.7 Å². The molecule has 200 valence electrons. The molecule has 1 aliphatic heterocycles. The molecule has 0 saturated heterocycles. The van der Waals surface area contributed by atoms with E-state index in [-0.39, 0.29) is 29.9 Å². The fourth-order valence-electron chi connectivity index (χ4n) is 4.26. The molecule has 1 aliphatic rings. The molecule has 3 aromatic carbocycles. The lowest BCUT2D eigenvalue weighted by Gasteiger charge is -2.30. The first-order valence-corrected chi connectivity index (χ1v) is 12.8. The minimum atomic E-state index is -0.299. The summed E-state index contributed by atoms with van der Waals surface area (Å²) in [5.74, 6) is 1.41. The van der Waals surface area contributed by atoms with E-state index in [1.165, 1.54) is 0 Å². The summed E-state index contributed by atoms with van der Waals surface area (Å²) in [6.07, 6.45) is -0.104. The summed E-state index contributed by atoms with van der Waals surface area (Å²) in [6.45, 7) is 5.69.